The highest BCUT2D eigenvalue weighted by Crippen LogP contribution is 2.19. The lowest BCUT2D eigenvalue weighted by Gasteiger charge is -2.12. The van der Waals surface area contributed by atoms with Crippen molar-refractivity contribution in [3.8, 4) is 0 Å². The van der Waals surface area contributed by atoms with Crippen LogP contribution in [0.5, 0.6) is 0 Å². The van der Waals surface area contributed by atoms with Gasteiger partial charge in [-0.25, -0.2) is 32.7 Å². The van der Waals surface area contributed by atoms with Crippen LogP contribution < -0.4 is 0 Å². The molecule has 0 N–H and O–H groups in total. The highest BCUT2D eigenvalue weighted by molar-refractivity contribution is 5.33. The Bertz CT molecular complexity index is 625. The summed E-state index contributed by atoms with van der Waals surface area (Å²) < 4.78 is 0. The molecule has 0 spiro atoms. The molecule has 6 heteroatoms. The highest BCUT2D eigenvalue weighted by atomic mass is 16.1. The predicted molar refractivity (Wildman–Crippen MR) is 130 cm³/mol. The van der Waals surface area contributed by atoms with Crippen molar-refractivity contribution in [3.05, 3.63) is 22.8 Å². The Morgan fingerprint density at radius 3 is 1.75 bits per heavy atom. The molecular weight excluding hydrogens is 400 g/mol. The predicted octanol–water partition coefficient (Wildman–Crippen LogP) is 7.25. The van der Waals surface area contributed by atoms with Gasteiger partial charge in [0.25, 0.3) is 0 Å². The van der Waals surface area contributed by atoms with Crippen LogP contribution >= 0.6 is 0 Å². The average molecular weight is 443 g/mol. The van der Waals surface area contributed by atoms with Crippen LogP contribution in [0.15, 0.2) is 9.98 Å². The standard InChI is InChI=1S/C26H42N4O2/c1-24(27-2)17-13-9-6-7-10-14-18-25(28-3)21-26(30-23-32)19-15-11-5-4-8-12-16-20-29-22-31/h24-26H,4-21H2,1H3. The summed E-state index contributed by atoms with van der Waals surface area (Å²) >= 11 is 0. The summed E-state index contributed by atoms with van der Waals surface area (Å²) in [4.78, 5) is 35.6. The summed E-state index contributed by atoms with van der Waals surface area (Å²) in [5.74, 6) is 0. The van der Waals surface area contributed by atoms with Crippen molar-refractivity contribution in [3.63, 3.8) is 0 Å². The zero-order valence-corrected chi connectivity index (χ0v) is 20.1. The molecule has 0 radical (unpaired) electrons. The molecule has 0 bridgehead atoms. The molecule has 0 rings (SSSR count). The lowest BCUT2D eigenvalue weighted by molar-refractivity contribution is 0.463. The van der Waals surface area contributed by atoms with E-state index in [1.807, 2.05) is 6.92 Å². The van der Waals surface area contributed by atoms with Crippen molar-refractivity contribution in [2.75, 3.05) is 6.54 Å². The van der Waals surface area contributed by atoms with Gasteiger partial charge in [0.15, 0.2) is 0 Å². The van der Waals surface area contributed by atoms with Crippen molar-refractivity contribution in [2.24, 2.45) is 9.98 Å². The van der Waals surface area contributed by atoms with Crippen LogP contribution in [0.2, 0.25) is 0 Å². The Balaban J connectivity index is 3.86. The molecule has 0 aliphatic heterocycles. The third-order valence-corrected chi connectivity index (χ3v) is 5.96. The Morgan fingerprint density at radius 1 is 0.688 bits per heavy atom. The van der Waals surface area contributed by atoms with Gasteiger partial charge in [-0.1, -0.05) is 64.2 Å². The first-order valence-corrected chi connectivity index (χ1v) is 12.5. The molecule has 3 atom stereocenters. The molecule has 0 saturated carbocycles. The van der Waals surface area contributed by atoms with Gasteiger partial charge in [0.2, 0.25) is 24.2 Å². The molecule has 178 valence electrons. The van der Waals surface area contributed by atoms with E-state index in [1.165, 1.54) is 25.7 Å². The lowest BCUT2D eigenvalue weighted by atomic mass is 9.97. The van der Waals surface area contributed by atoms with Crippen molar-refractivity contribution < 1.29 is 9.59 Å². The number of carbonyl (C=O) groups excluding carboxylic acids is 2. The van der Waals surface area contributed by atoms with E-state index in [-0.39, 0.29) is 18.1 Å². The van der Waals surface area contributed by atoms with Gasteiger partial charge in [0.05, 0.1) is 12.6 Å². The Hall–Kier alpha value is -2.26. The second-order valence-corrected chi connectivity index (χ2v) is 8.81. The Morgan fingerprint density at radius 2 is 1.22 bits per heavy atom. The first-order chi connectivity index (χ1) is 15.7. The number of unbranched alkanes of at least 4 members (excludes halogenated alkanes) is 11. The number of isocyanates is 2. The lowest BCUT2D eigenvalue weighted by Crippen LogP contribution is -2.14. The fraction of sp³-hybridized carbons (Fsp3) is 0.846. The minimum absolute atomic E-state index is 0.0503. The minimum Gasteiger partial charge on any atom is -0.314 e. The molecule has 0 heterocycles. The van der Waals surface area contributed by atoms with Gasteiger partial charge in [-0.3, -0.25) is 0 Å². The summed E-state index contributed by atoms with van der Waals surface area (Å²) in [5.41, 5.74) is 0. The molecular formula is C26H42N4O2. The summed E-state index contributed by atoms with van der Waals surface area (Å²) in [5, 5.41) is 0. The van der Waals surface area contributed by atoms with Crippen molar-refractivity contribution >= 4 is 12.2 Å². The van der Waals surface area contributed by atoms with Crippen molar-refractivity contribution in [2.45, 2.75) is 134 Å². The molecule has 0 aromatic rings. The largest absolute Gasteiger partial charge is 0.314 e. The zero-order chi connectivity index (χ0) is 23.7. The molecule has 0 aromatic heterocycles. The third kappa shape index (κ3) is 19.7. The van der Waals surface area contributed by atoms with E-state index in [9.17, 15) is 9.59 Å². The zero-order valence-electron chi connectivity index (χ0n) is 20.1. The molecule has 0 fully saturated rings. The minimum atomic E-state index is -0.0720. The maximum absolute atomic E-state index is 10.8. The van der Waals surface area contributed by atoms with Gasteiger partial charge in [-0.05, 0) is 25.7 Å². The summed E-state index contributed by atoms with van der Waals surface area (Å²) in [6, 6.07) is 0.0276. The van der Waals surface area contributed by atoms with Gasteiger partial charge in [0.1, 0.15) is 0 Å². The summed E-state index contributed by atoms with van der Waals surface area (Å²) in [6.07, 6.45) is 21.3. The van der Waals surface area contributed by atoms with Gasteiger partial charge in [-0.2, -0.15) is 0 Å². The molecule has 0 saturated heterocycles. The first-order valence-electron chi connectivity index (χ1n) is 12.5. The van der Waals surface area contributed by atoms with Crippen LogP contribution in [-0.4, -0.2) is 36.8 Å². The summed E-state index contributed by atoms with van der Waals surface area (Å²) in [7, 11) is 0. The first kappa shape index (κ1) is 29.7. The molecule has 0 amide bonds. The van der Waals surface area contributed by atoms with E-state index in [0.717, 1.165) is 77.0 Å². The Kier molecular flexibility index (Phi) is 21.8. The Labute approximate surface area is 195 Å². The average Bonchev–Trinajstić information content (AvgIpc) is 2.80. The normalized spacial score (nSPS) is 13.1. The van der Waals surface area contributed by atoms with E-state index in [4.69, 9.17) is 13.1 Å². The second kappa shape index (κ2) is 23.4. The van der Waals surface area contributed by atoms with Crippen LogP contribution in [0.1, 0.15) is 116 Å². The van der Waals surface area contributed by atoms with E-state index in [2.05, 4.69) is 19.7 Å². The van der Waals surface area contributed by atoms with E-state index < -0.39 is 0 Å². The van der Waals surface area contributed by atoms with E-state index >= 15 is 0 Å². The van der Waals surface area contributed by atoms with Gasteiger partial charge in [-0.15, -0.1) is 0 Å². The molecule has 0 aliphatic carbocycles. The van der Waals surface area contributed by atoms with Crippen LogP contribution in [-0.2, 0) is 9.59 Å². The molecule has 32 heavy (non-hydrogen) atoms. The number of hydrogen-bond acceptors (Lipinski definition) is 4. The maximum atomic E-state index is 10.8. The number of aliphatic imine (C=N–C) groups is 2. The monoisotopic (exact) mass is 442 g/mol. The molecule has 3 unspecified atom stereocenters. The fourth-order valence-electron chi connectivity index (χ4n) is 3.95. The molecule has 0 aliphatic rings. The molecule has 6 nitrogen and oxygen atoms in total. The highest BCUT2D eigenvalue weighted by Gasteiger charge is 2.19. The van der Waals surface area contributed by atoms with Gasteiger partial charge >= 0.3 is 0 Å². The van der Waals surface area contributed by atoms with E-state index in [1.54, 1.807) is 12.2 Å². The second-order valence-electron chi connectivity index (χ2n) is 8.81. The van der Waals surface area contributed by atoms with Crippen LogP contribution in [0.3, 0.4) is 0 Å². The number of rotatable bonds is 22. The SMILES string of the molecule is [C-]#[N+]C(C)CCCCCCCCC(CC(CCCCCCCCCN=C=O)N=C=O)[N+]#[C-]. The quantitative estimate of drug-likeness (QED) is 0.0766. The number of nitrogens with zero attached hydrogens (tertiary/aromatic N) is 4. The van der Waals surface area contributed by atoms with Gasteiger partial charge in [0, 0.05) is 26.2 Å². The fourth-order valence-corrected chi connectivity index (χ4v) is 3.95. The van der Waals surface area contributed by atoms with Gasteiger partial charge < -0.3 is 9.69 Å². The smallest absolute Gasteiger partial charge is 0.235 e. The summed E-state index contributed by atoms with van der Waals surface area (Å²) in [6.45, 7) is 17.0. The van der Waals surface area contributed by atoms with Crippen LogP contribution in [0.4, 0.5) is 0 Å². The van der Waals surface area contributed by atoms with Crippen LogP contribution in [0, 0.1) is 13.1 Å². The maximum Gasteiger partial charge on any atom is 0.235 e. The van der Waals surface area contributed by atoms with Crippen molar-refractivity contribution in [1.82, 2.24) is 0 Å². The van der Waals surface area contributed by atoms with Crippen molar-refractivity contribution in [1.29, 1.82) is 0 Å². The van der Waals surface area contributed by atoms with E-state index in [0.29, 0.717) is 13.0 Å². The topological polar surface area (TPSA) is 67.6 Å². The third-order valence-electron chi connectivity index (χ3n) is 5.96. The number of hydrogen-bond donors (Lipinski definition) is 0. The molecule has 0 aromatic carbocycles. The van der Waals surface area contributed by atoms with Crippen LogP contribution in [0.25, 0.3) is 9.69 Å².